The lowest BCUT2D eigenvalue weighted by Crippen LogP contribution is -2.26. The number of carbonyl (C=O) groups excluding carboxylic acids is 1. The van der Waals surface area contributed by atoms with Crippen LogP contribution in [-0.4, -0.2) is 33.8 Å². The lowest BCUT2D eigenvalue weighted by atomic mass is 10.2. The van der Waals surface area contributed by atoms with Crippen molar-refractivity contribution in [3.8, 4) is 5.75 Å². The standard InChI is InChI=1S/C26H26ClN3O3/c27-21-12-13-22-23(16-21)30(18-19-8-2-1-3-9-19)25(29-22)26(32)28-17-20-10-4-5-11-24(20)33-15-7-6-14-31/h1-5,8-13,16,31H,6-7,14-15,17-18H2,(H,28,32). The summed E-state index contributed by atoms with van der Waals surface area (Å²) in [5, 5.41) is 12.5. The fraction of sp³-hybridized carbons (Fsp3) is 0.231. The van der Waals surface area contributed by atoms with Gasteiger partial charge in [-0.05, 0) is 42.7 Å². The van der Waals surface area contributed by atoms with E-state index in [0.29, 0.717) is 42.5 Å². The molecule has 0 saturated heterocycles. The topological polar surface area (TPSA) is 76.4 Å². The van der Waals surface area contributed by atoms with E-state index in [0.717, 1.165) is 28.8 Å². The second kappa shape index (κ2) is 11.0. The number of benzene rings is 3. The van der Waals surface area contributed by atoms with Crippen LogP contribution in [0.5, 0.6) is 5.75 Å². The Morgan fingerprint density at radius 2 is 1.82 bits per heavy atom. The molecule has 33 heavy (non-hydrogen) atoms. The first kappa shape index (κ1) is 22.8. The first-order valence-corrected chi connectivity index (χ1v) is 11.3. The number of carbonyl (C=O) groups is 1. The van der Waals surface area contributed by atoms with Crippen molar-refractivity contribution in [1.29, 1.82) is 0 Å². The van der Waals surface area contributed by atoms with Crippen molar-refractivity contribution in [1.82, 2.24) is 14.9 Å². The molecule has 7 heteroatoms. The zero-order valence-corrected chi connectivity index (χ0v) is 19.0. The van der Waals surface area contributed by atoms with Crippen LogP contribution in [0.2, 0.25) is 5.02 Å². The Morgan fingerprint density at radius 3 is 2.64 bits per heavy atom. The molecule has 1 heterocycles. The Labute approximate surface area is 197 Å². The van der Waals surface area contributed by atoms with E-state index in [1.165, 1.54) is 0 Å². The van der Waals surface area contributed by atoms with Gasteiger partial charge in [0.1, 0.15) is 5.75 Å². The van der Waals surface area contributed by atoms with Gasteiger partial charge in [-0.1, -0.05) is 60.1 Å². The van der Waals surface area contributed by atoms with Gasteiger partial charge in [0.2, 0.25) is 0 Å². The van der Waals surface area contributed by atoms with Crippen LogP contribution in [-0.2, 0) is 13.1 Å². The average molecular weight is 464 g/mol. The predicted molar refractivity (Wildman–Crippen MR) is 130 cm³/mol. The summed E-state index contributed by atoms with van der Waals surface area (Å²) in [5.74, 6) is 0.783. The highest BCUT2D eigenvalue weighted by atomic mass is 35.5. The number of amides is 1. The second-order valence-corrected chi connectivity index (χ2v) is 8.15. The summed E-state index contributed by atoms with van der Waals surface area (Å²) in [5.41, 5.74) is 3.47. The van der Waals surface area contributed by atoms with Gasteiger partial charge in [0, 0.05) is 30.3 Å². The van der Waals surface area contributed by atoms with Gasteiger partial charge < -0.3 is 19.7 Å². The first-order valence-electron chi connectivity index (χ1n) is 10.9. The smallest absolute Gasteiger partial charge is 0.287 e. The number of hydrogen-bond acceptors (Lipinski definition) is 4. The second-order valence-electron chi connectivity index (χ2n) is 7.71. The van der Waals surface area contributed by atoms with Crippen LogP contribution in [0.25, 0.3) is 11.0 Å². The van der Waals surface area contributed by atoms with Gasteiger partial charge in [0.15, 0.2) is 5.82 Å². The van der Waals surface area contributed by atoms with Crippen LogP contribution in [0.15, 0.2) is 72.8 Å². The molecule has 0 radical (unpaired) electrons. The predicted octanol–water partition coefficient (Wildman–Crippen LogP) is 4.82. The van der Waals surface area contributed by atoms with E-state index in [-0.39, 0.29) is 12.5 Å². The molecule has 4 rings (SSSR count). The Balaban J connectivity index is 1.55. The van der Waals surface area contributed by atoms with Gasteiger partial charge >= 0.3 is 0 Å². The van der Waals surface area contributed by atoms with Gasteiger partial charge in [-0.15, -0.1) is 0 Å². The Kier molecular flexibility index (Phi) is 7.60. The summed E-state index contributed by atoms with van der Waals surface area (Å²) in [6.07, 6.45) is 1.46. The molecular weight excluding hydrogens is 438 g/mol. The van der Waals surface area contributed by atoms with Crippen LogP contribution >= 0.6 is 11.6 Å². The first-order chi connectivity index (χ1) is 16.2. The van der Waals surface area contributed by atoms with Crippen molar-refractivity contribution in [3.05, 3.63) is 94.8 Å². The largest absolute Gasteiger partial charge is 0.493 e. The number of unbranched alkanes of at least 4 members (excludes halogenated alkanes) is 1. The summed E-state index contributed by atoms with van der Waals surface area (Å²) < 4.78 is 7.74. The zero-order valence-electron chi connectivity index (χ0n) is 18.2. The number of fused-ring (bicyclic) bond motifs is 1. The number of aromatic nitrogens is 2. The van der Waals surface area contributed by atoms with E-state index >= 15 is 0 Å². The molecular formula is C26H26ClN3O3. The maximum atomic E-state index is 13.2. The fourth-order valence-electron chi connectivity index (χ4n) is 3.64. The molecule has 0 saturated carbocycles. The van der Waals surface area contributed by atoms with Crippen LogP contribution in [0.3, 0.4) is 0 Å². The number of para-hydroxylation sites is 1. The third kappa shape index (κ3) is 5.72. The number of nitrogens with one attached hydrogen (secondary N) is 1. The molecule has 170 valence electrons. The van der Waals surface area contributed by atoms with Gasteiger partial charge in [-0.25, -0.2) is 4.98 Å². The molecule has 1 aromatic heterocycles. The van der Waals surface area contributed by atoms with Crippen molar-refractivity contribution in [2.45, 2.75) is 25.9 Å². The molecule has 2 N–H and O–H groups in total. The molecule has 0 spiro atoms. The fourth-order valence-corrected chi connectivity index (χ4v) is 3.80. The highest BCUT2D eigenvalue weighted by molar-refractivity contribution is 6.31. The molecule has 0 aliphatic rings. The summed E-state index contributed by atoms with van der Waals surface area (Å²) >= 11 is 6.23. The summed E-state index contributed by atoms with van der Waals surface area (Å²) in [6, 6.07) is 23.0. The third-order valence-electron chi connectivity index (χ3n) is 5.32. The average Bonchev–Trinajstić information content (AvgIpc) is 3.19. The summed E-state index contributed by atoms with van der Waals surface area (Å²) in [4.78, 5) is 17.8. The normalized spacial score (nSPS) is 11.0. The lowest BCUT2D eigenvalue weighted by molar-refractivity contribution is 0.0937. The molecule has 3 aromatic carbocycles. The van der Waals surface area contributed by atoms with Crippen LogP contribution in [0, 0.1) is 0 Å². The SMILES string of the molecule is O=C(NCc1ccccc1OCCCCO)c1nc2ccc(Cl)cc2n1Cc1ccccc1. The van der Waals surface area contributed by atoms with Crippen molar-refractivity contribution >= 4 is 28.5 Å². The van der Waals surface area contributed by atoms with Crippen molar-refractivity contribution in [3.63, 3.8) is 0 Å². The van der Waals surface area contributed by atoms with E-state index in [9.17, 15) is 4.79 Å². The highest BCUT2D eigenvalue weighted by Crippen LogP contribution is 2.23. The molecule has 6 nitrogen and oxygen atoms in total. The molecule has 4 aromatic rings. The van der Waals surface area contributed by atoms with Crippen molar-refractivity contribution in [2.75, 3.05) is 13.2 Å². The van der Waals surface area contributed by atoms with Gasteiger partial charge in [0.05, 0.1) is 17.6 Å². The van der Waals surface area contributed by atoms with E-state index in [1.807, 2.05) is 71.3 Å². The number of hydrogen-bond donors (Lipinski definition) is 2. The van der Waals surface area contributed by atoms with Crippen LogP contribution in [0.1, 0.15) is 34.6 Å². The number of halogens is 1. The van der Waals surface area contributed by atoms with E-state index in [1.54, 1.807) is 6.07 Å². The Morgan fingerprint density at radius 1 is 1.03 bits per heavy atom. The minimum Gasteiger partial charge on any atom is -0.493 e. The van der Waals surface area contributed by atoms with Gasteiger partial charge in [-0.3, -0.25) is 4.79 Å². The number of imidazole rings is 1. The quantitative estimate of drug-likeness (QED) is 0.330. The van der Waals surface area contributed by atoms with Crippen LogP contribution < -0.4 is 10.1 Å². The maximum absolute atomic E-state index is 13.2. The molecule has 1 amide bonds. The number of aliphatic hydroxyl groups excluding tert-OH is 1. The van der Waals surface area contributed by atoms with Gasteiger partial charge in [-0.2, -0.15) is 0 Å². The third-order valence-corrected chi connectivity index (χ3v) is 5.55. The summed E-state index contributed by atoms with van der Waals surface area (Å²) in [6.45, 7) is 1.48. The Bertz CT molecular complexity index is 1220. The number of rotatable bonds is 10. The monoisotopic (exact) mass is 463 g/mol. The Hall–Kier alpha value is -3.35. The van der Waals surface area contributed by atoms with Crippen molar-refractivity contribution in [2.24, 2.45) is 0 Å². The maximum Gasteiger partial charge on any atom is 0.287 e. The molecule has 0 aliphatic heterocycles. The molecule has 0 bridgehead atoms. The number of nitrogens with zero attached hydrogens (tertiary/aromatic N) is 2. The van der Waals surface area contributed by atoms with E-state index < -0.39 is 0 Å². The van der Waals surface area contributed by atoms with Crippen LogP contribution in [0.4, 0.5) is 0 Å². The van der Waals surface area contributed by atoms with Crippen molar-refractivity contribution < 1.29 is 14.6 Å². The molecule has 0 atom stereocenters. The highest BCUT2D eigenvalue weighted by Gasteiger charge is 2.18. The molecule has 0 unspecified atom stereocenters. The number of aliphatic hydroxyl groups is 1. The molecule has 0 aliphatic carbocycles. The zero-order chi connectivity index (χ0) is 23.0. The van der Waals surface area contributed by atoms with E-state index in [2.05, 4.69) is 10.3 Å². The summed E-state index contributed by atoms with van der Waals surface area (Å²) in [7, 11) is 0. The van der Waals surface area contributed by atoms with Gasteiger partial charge in [0.25, 0.3) is 5.91 Å². The molecule has 0 fully saturated rings. The lowest BCUT2D eigenvalue weighted by Gasteiger charge is -2.13. The minimum atomic E-state index is -0.270. The van der Waals surface area contributed by atoms with E-state index in [4.69, 9.17) is 21.4 Å². The minimum absolute atomic E-state index is 0.149. The number of ether oxygens (including phenoxy) is 1.